The highest BCUT2D eigenvalue weighted by molar-refractivity contribution is 7.90. The maximum Gasteiger partial charge on any atom is 0.264 e. The van der Waals surface area contributed by atoms with Crippen LogP contribution in [0.1, 0.15) is 0 Å². The second kappa shape index (κ2) is 6.70. The quantitative estimate of drug-likeness (QED) is 0.903. The first-order valence-electron chi connectivity index (χ1n) is 7.24. The largest absolute Gasteiger partial charge is 0.497 e. The molecule has 1 heterocycles. The van der Waals surface area contributed by atoms with Gasteiger partial charge in [0.1, 0.15) is 5.75 Å². The monoisotopic (exact) mass is 365 g/mol. The molecule has 3 rings (SSSR count). The number of benzene rings is 2. The highest BCUT2D eigenvalue weighted by atomic mass is 35.5. The van der Waals surface area contributed by atoms with Gasteiger partial charge in [-0.25, -0.2) is 13.1 Å². The first-order valence-corrected chi connectivity index (χ1v) is 9.10. The first-order chi connectivity index (χ1) is 11.5. The van der Waals surface area contributed by atoms with Crippen LogP contribution in [0.2, 0.25) is 5.02 Å². The molecule has 0 saturated heterocycles. The van der Waals surface area contributed by atoms with Gasteiger partial charge >= 0.3 is 0 Å². The van der Waals surface area contributed by atoms with Gasteiger partial charge in [0.25, 0.3) is 10.0 Å². The lowest BCUT2D eigenvalue weighted by Gasteiger charge is -2.21. The number of hydrogen-bond donors (Lipinski definition) is 1. The smallest absolute Gasteiger partial charge is 0.264 e. The Labute approximate surface area is 145 Å². The Hall–Kier alpha value is -2.25. The van der Waals surface area contributed by atoms with Gasteiger partial charge in [0.15, 0.2) is 0 Å². The summed E-state index contributed by atoms with van der Waals surface area (Å²) in [6, 6.07) is 13.3. The van der Waals surface area contributed by atoms with Gasteiger partial charge in [-0.05, 0) is 48.5 Å². The molecule has 1 aliphatic heterocycles. The summed E-state index contributed by atoms with van der Waals surface area (Å²) in [4.78, 5) is 6.21. The molecular formula is C16H16ClN3O3S. The Kier molecular flexibility index (Phi) is 4.64. The summed E-state index contributed by atoms with van der Waals surface area (Å²) in [5, 5.41) is 0.479. The van der Waals surface area contributed by atoms with E-state index < -0.39 is 10.0 Å². The molecule has 24 heavy (non-hydrogen) atoms. The zero-order valence-corrected chi connectivity index (χ0v) is 14.5. The summed E-state index contributed by atoms with van der Waals surface area (Å²) >= 11 is 5.80. The normalized spacial score (nSPS) is 14.4. The van der Waals surface area contributed by atoms with Crippen LogP contribution in [-0.4, -0.2) is 34.6 Å². The molecule has 0 bridgehead atoms. The molecule has 126 valence electrons. The highest BCUT2D eigenvalue weighted by Gasteiger charge is 2.24. The van der Waals surface area contributed by atoms with E-state index in [2.05, 4.69) is 9.71 Å². The number of nitrogens with zero attached hydrogens (tertiary/aromatic N) is 2. The van der Waals surface area contributed by atoms with E-state index in [9.17, 15) is 8.42 Å². The lowest BCUT2D eigenvalue weighted by atomic mass is 10.3. The number of sulfonamides is 1. The van der Waals surface area contributed by atoms with Crippen molar-refractivity contribution in [3.05, 3.63) is 53.6 Å². The molecule has 0 aliphatic carbocycles. The van der Waals surface area contributed by atoms with Gasteiger partial charge < -0.3 is 9.64 Å². The summed E-state index contributed by atoms with van der Waals surface area (Å²) in [5.41, 5.74) is 0.839. The Morgan fingerprint density at radius 1 is 1.12 bits per heavy atom. The van der Waals surface area contributed by atoms with E-state index in [-0.39, 0.29) is 4.90 Å². The van der Waals surface area contributed by atoms with Crippen LogP contribution in [0.15, 0.2) is 58.4 Å². The molecule has 0 radical (unpaired) electrons. The summed E-state index contributed by atoms with van der Waals surface area (Å²) < 4.78 is 32.7. The van der Waals surface area contributed by atoms with Crippen LogP contribution >= 0.6 is 11.6 Å². The van der Waals surface area contributed by atoms with Crippen LogP contribution in [0, 0.1) is 0 Å². The Bertz CT molecular complexity index is 849. The van der Waals surface area contributed by atoms with Crippen LogP contribution in [0.3, 0.4) is 0 Å². The predicted octanol–water partition coefficient (Wildman–Crippen LogP) is 2.50. The molecule has 1 N–H and O–H groups in total. The van der Waals surface area contributed by atoms with Crippen LogP contribution < -0.4 is 14.4 Å². The van der Waals surface area contributed by atoms with Gasteiger partial charge in [-0.15, -0.1) is 0 Å². The van der Waals surface area contributed by atoms with Crippen molar-refractivity contribution in [1.29, 1.82) is 0 Å². The van der Waals surface area contributed by atoms with E-state index in [4.69, 9.17) is 16.3 Å². The summed E-state index contributed by atoms with van der Waals surface area (Å²) in [6.07, 6.45) is 0. The zero-order chi connectivity index (χ0) is 17.2. The second-order valence-electron chi connectivity index (χ2n) is 5.11. The number of rotatable bonds is 4. The molecule has 6 nitrogen and oxygen atoms in total. The summed E-state index contributed by atoms with van der Waals surface area (Å²) in [5.74, 6) is 1.04. The Morgan fingerprint density at radius 2 is 1.79 bits per heavy atom. The lowest BCUT2D eigenvalue weighted by molar-refractivity contribution is 0.415. The second-order valence-corrected chi connectivity index (χ2v) is 7.23. The predicted molar refractivity (Wildman–Crippen MR) is 94.4 cm³/mol. The van der Waals surface area contributed by atoms with E-state index in [0.29, 0.717) is 24.1 Å². The van der Waals surface area contributed by atoms with E-state index in [1.54, 1.807) is 7.11 Å². The molecule has 0 spiro atoms. The average Bonchev–Trinajstić information content (AvgIpc) is 3.02. The van der Waals surface area contributed by atoms with Crippen molar-refractivity contribution in [2.24, 2.45) is 4.99 Å². The standard InChI is InChI=1S/C16H16ClN3O3S/c1-23-14-6-4-13(5-7-14)20-11-10-18-16(20)19-24(21,22)15-8-2-12(17)3-9-15/h2-9H,10-11H2,1H3,(H,18,19). The highest BCUT2D eigenvalue weighted by Crippen LogP contribution is 2.22. The average molecular weight is 366 g/mol. The number of aliphatic imine (C=N–C) groups is 1. The number of hydrogen-bond acceptors (Lipinski definition) is 5. The van der Waals surface area contributed by atoms with Crippen LogP contribution in [0.25, 0.3) is 0 Å². The van der Waals surface area contributed by atoms with Crippen molar-refractivity contribution in [3.63, 3.8) is 0 Å². The van der Waals surface area contributed by atoms with Crippen molar-refractivity contribution in [2.45, 2.75) is 4.90 Å². The Balaban J connectivity index is 1.81. The molecule has 0 saturated carbocycles. The molecule has 0 aromatic heterocycles. The van der Waals surface area contributed by atoms with E-state index >= 15 is 0 Å². The minimum absolute atomic E-state index is 0.135. The number of halogens is 1. The molecule has 0 unspecified atom stereocenters. The molecule has 1 aliphatic rings. The fourth-order valence-electron chi connectivity index (χ4n) is 2.34. The van der Waals surface area contributed by atoms with Crippen LogP contribution in [-0.2, 0) is 10.0 Å². The van der Waals surface area contributed by atoms with E-state index in [1.165, 1.54) is 24.3 Å². The first kappa shape index (κ1) is 16.6. The van der Waals surface area contributed by atoms with Gasteiger partial charge in [0, 0.05) is 17.3 Å². The van der Waals surface area contributed by atoms with Crippen molar-refractivity contribution >= 4 is 33.3 Å². The van der Waals surface area contributed by atoms with Crippen molar-refractivity contribution in [2.75, 3.05) is 25.1 Å². The molecule has 2 aromatic carbocycles. The molecule has 2 aromatic rings. The van der Waals surface area contributed by atoms with E-state index in [1.807, 2.05) is 29.2 Å². The van der Waals surface area contributed by atoms with Crippen molar-refractivity contribution < 1.29 is 13.2 Å². The lowest BCUT2D eigenvalue weighted by Crippen LogP contribution is -2.41. The fraction of sp³-hybridized carbons (Fsp3) is 0.188. The van der Waals surface area contributed by atoms with Crippen molar-refractivity contribution in [3.8, 4) is 5.75 Å². The van der Waals surface area contributed by atoms with Crippen molar-refractivity contribution in [1.82, 2.24) is 4.72 Å². The van der Waals surface area contributed by atoms with Gasteiger partial charge in [0.2, 0.25) is 5.96 Å². The number of anilines is 1. The SMILES string of the molecule is COc1ccc(N2CCN=C2NS(=O)(=O)c2ccc(Cl)cc2)cc1. The minimum Gasteiger partial charge on any atom is -0.497 e. The molecular weight excluding hydrogens is 350 g/mol. The maximum atomic E-state index is 12.5. The maximum absolute atomic E-state index is 12.5. The third kappa shape index (κ3) is 3.47. The molecule has 0 amide bonds. The number of nitrogens with one attached hydrogen (secondary N) is 1. The van der Waals surface area contributed by atoms with Gasteiger partial charge in [0.05, 0.1) is 18.6 Å². The van der Waals surface area contributed by atoms with Gasteiger partial charge in [-0.3, -0.25) is 4.99 Å². The van der Waals surface area contributed by atoms with Crippen LogP contribution in [0.5, 0.6) is 5.75 Å². The molecule has 0 atom stereocenters. The number of guanidine groups is 1. The number of ether oxygens (including phenoxy) is 1. The third-order valence-electron chi connectivity index (χ3n) is 3.57. The van der Waals surface area contributed by atoms with Gasteiger partial charge in [-0.2, -0.15) is 0 Å². The molecule has 0 fully saturated rings. The summed E-state index contributed by atoms with van der Waals surface area (Å²) in [6.45, 7) is 1.12. The topological polar surface area (TPSA) is 71.0 Å². The Morgan fingerprint density at radius 3 is 2.42 bits per heavy atom. The van der Waals surface area contributed by atoms with Crippen LogP contribution in [0.4, 0.5) is 5.69 Å². The third-order valence-corrected chi connectivity index (χ3v) is 5.17. The van der Waals surface area contributed by atoms with E-state index in [0.717, 1.165) is 11.4 Å². The minimum atomic E-state index is -3.72. The zero-order valence-electron chi connectivity index (χ0n) is 12.9. The fourth-order valence-corrected chi connectivity index (χ4v) is 3.49. The summed E-state index contributed by atoms with van der Waals surface area (Å²) in [7, 11) is -2.12. The molecule has 8 heteroatoms. The number of methoxy groups -OCH3 is 1. The van der Waals surface area contributed by atoms with Gasteiger partial charge in [-0.1, -0.05) is 11.6 Å².